The summed E-state index contributed by atoms with van der Waals surface area (Å²) < 4.78 is 5.39. The van der Waals surface area contributed by atoms with Crippen LogP contribution in [-0.4, -0.2) is 29.0 Å². The Kier molecular flexibility index (Phi) is 7.47. The van der Waals surface area contributed by atoms with Gasteiger partial charge in [0.05, 0.1) is 13.7 Å². The van der Waals surface area contributed by atoms with Crippen LogP contribution in [0.25, 0.3) is 0 Å². The lowest BCUT2D eigenvalue weighted by Gasteiger charge is -2.23. The van der Waals surface area contributed by atoms with Gasteiger partial charge in [0, 0.05) is 29.8 Å². The second-order valence-corrected chi connectivity index (χ2v) is 6.77. The lowest BCUT2D eigenvalue weighted by atomic mass is 10.1. The van der Waals surface area contributed by atoms with E-state index in [-0.39, 0.29) is 12.3 Å². The van der Waals surface area contributed by atoms with Crippen molar-refractivity contribution in [3.8, 4) is 5.75 Å². The minimum Gasteiger partial charge on any atom is -0.496 e. The smallest absolute Gasteiger partial charge is 0.303 e. The predicted molar refractivity (Wildman–Crippen MR) is 97.7 cm³/mol. The summed E-state index contributed by atoms with van der Waals surface area (Å²) in [5.41, 5.74) is 0.959. The average Bonchev–Trinajstić information content (AvgIpc) is 3.11. The second-order valence-electron chi connectivity index (χ2n) is 5.74. The number of thiophene rings is 1. The molecule has 0 fully saturated rings. The fourth-order valence-corrected chi connectivity index (χ4v) is 3.29. The van der Waals surface area contributed by atoms with Gasteiger partial charge < -0.3 is 14.7 Å². The van der Waals surface area contributed by atoms with Gasteiger partial charge in [-0.3, -0.25) is 9.59 Å². The molecule has 1 amide bonds. The summed E-state index contributed by atoms with van der Waals surface area (Å²) in [6, 6.07) is 11.7. The summed E-state index contributed by atoms with van der Waals surface area (Å²) >= 11 is 1.62. The minimum absolute atomic E-state index is 0.0321. The topological polar surface area (TPSA) is 66.8 Å². The van der Waals surface area contributed by atoms with Gasteiger partial charge in [-0.05, 0) is 30.4 Å². The number of aliphatic carboxylic acids is 1. The fourth-order valence-electron chi connectivity index (χ4n) is 2.57. The van der Waals surface area contributed by atoms with Crippen LogP contribution in [0.3, 0.4) is 0 Å². The summed E-state index contributed by atoms with van der Waals surface area (Å²) in [5.74, 6) is -0.0287. The molecule has 0 aliphatic carbocycles. The van der Waals surface area contributed by atoms with Gasteiger partial charge in [0.25, 0.3) is 0 Å². The van der Waals surface area contributed by atoms with E-state index in [4.69, 9.17) is 9.84 Å². The summed E-state index contributed by atoms with van der Waals surface area (Å²) in [6.07, 6.45) is 1.55. The van der Waals surface area contributed by atoms with Gasteiger partial charge in [0.15, 0.2) is 0 Å². The van der Waals surface area contributed by atoms with Crippen molar-refractivity contribution in [1.82, 2.24) is 4.90 Å². The van der Waals surface area contributed by atoms with Crippen LogP contribution in [0.4, 0.5) is 0 Å². The number of carbonyl (C=O) groups is 2. The highest BCUT2D eigenvalue weighted by molar-refractivity contribution is 7.09. The molecule has 0 aliphatic heterocycles. The number of hydrogen-bond acceptors (Lipinski definition) is 4. The van der Waals surface area contributed by atoms with E-state index in [2.05, 4.69) is 0 Å². The number of ether oxygens (including phenoxy) is 1. The first-order valence-electron chi connectivity index (χ1n) is 8.24. The molecule has 0 atom stereocenters. The highest BCUT2D eigenvalue weighted by Gasteiger charge is 2.17. The summed E-state index contributed by atoms with van der Waals surface area (Å²) in [6.45, 7) is 1.02. The molecule has 5 nitrogen and oxygen atoms in total. The second kappa shape index (κ2) is 9.84. The first kappa shape index (κ1) is 19.0. The molecule has 134 valence electrons. The number of rotatable bonds is 10. The maximum atomic E-state index is 12.7. The van der Waals surface area contributed by atoms with Gasteiger partial charge in [0.1, 0.15) is 5.75 Å². The van der Waals surface area contributed by atoms with Crippen LogP contribution in [-0.2, 0) is 22.7 Å². The van der Waals surface area contributed by atoms with Crippen molar-refractivity contribution in [3.63, 3.8) is 0 Å². The van der Waals surface area contributed by atoms with Gasteiger partial charge in [0.2, 0.25) is 5.91 Å². The van der Waals surface area contributed by atoms with Crippen molar-refractivity contribution < 1.29 is 19.4 Å². The van der Waals surface area contributed by atoms with Crippen molar-refractivity contribution in [3.05, 3.63) is 52.2 Å². The molecule has 0 radical (unpaired) electrons. The molecule has 0 saturated heterocycles. The standard InChI is InChI=1S/C19H23NO4S/c1-24-17-9-3-2-7-15(17)13-20(14-16-8-6-12-25-16)18(21)10-4-5-11-19(22)23/h2-3,6-9,12H,4-5,10-11,13-14H2,1H3,(H,22,23). The number of nitrogens with zero attached hydrogens (tertiary/aromatic N) is 1. The highest BCUT2D eigenvalue weighted by Crippen LogP contribution is 2.22. The van der Waals surface area contributed by atoms with Crippen LogP contribution in [0, 0.1) is 0 Å². The SMILES string of the molecule is COc1ccccc1CN(Cc1cccs1)C(=O)CCCCC(=O)O. The Balaban J connectivity index is 2.04. The third kappa shape index (κ3) is 6.23. The quantitative estimate of drug-likeness (QED) is 0.651. The molecular weight excluding hydrogens is 338 g/mol. The van der Waals surface area contributed by atoms with Crippen molar-refractivity contribution in [2.75, 3.05) is 7.11 Å². The van der Waals surface area contributed by atoms with E-state index >= 15 is 0 Å². The third-order valence-corrected chi connectivity index (χ3v) is 4.73. The predicted octanol–water partition coefficient (Wildman–Crippen LogP) is 3.93. The van der Waals surface area contributed by atoms with Crippen molar-refractivity contribution >= 4 is 23.2 Å². The Morgan fingerprint density at radius 1 is 1.08 bits per heavy atom. The van der Waals surface area contributed by atoms with Crippen LogP contribution in [0.15, 0.2) is 41.8 Å². The largest absolute Gasteiger partial charge is 0.496 e. The number of methoxy groups -OCH3 is 1. The Bertz CT molecular complexity index is 684. The molecule has 1 heterocycles. The van der Waals surface area contributed by atoms with Crippen molar-refractivity contribution in [1.29, 1.82) is 0 Å². The van der Waals surface area contributed by atoms with Gasteiger partial charge >= 0.3 is 5.97 Å². The summed E-state index contributed by atoms with van der Waals surface area (Å²) in [7, 11) is 1.62. The number of carboxylic acid groups (broad SMARTS) is 1. The molecule has 25 heavy (non-hydrogen) atoms. The van der Waals surface area contributed by atoms with E-state index in [1.807, 2.05) is 46.7 Å². The van der Waals surface area contributed by atoms with E-state index in [1.165, 1.54) is 0 Å². The number of unbranched alkanes of at least 4 members (excludes halogenated alkanes) is 1. The van der Waals surface area contributed by atoms with E-state index in [1.54, 1.807) is 18.4 Å². The monoisotopic (exact) mass is 361 g/mol. The summed E-state index contributed by atoms with van der Waals surface area (Å²) in [5, 5.41) is 10.7. The first-order valence-corrected chi connectivity index (χ1v) is 9.12. The van der Waals surface area contributed by atoms with Crippen LogP contribution in [0.2, 0.25) is 0 Å². The molecule has 1 N–H and O–H groups in total. The van der Waals surface area contributed by atoms with Crippen LogP contribution in [0.1, 0.15) is 36.1 Å². The maximum absolute atomic E-state index is 12.7. The van der Waals surface area contributed by atoms with Gasteiger partial charge in [-0.15, -0.1) is 11.3 Å². The zero-order valence-corrected chi connectivity index (χ0v) is 15.1. The van der Waals surface area contributed by atoms with Crippen LogP contribution in [0.5, 0.6) is 5.75 Å². The molecule has 0 unspecified atom stereocenters. The first-order chi connectivity index (χ1) is 12.1. The summed E-state index contributed by atoms with van der Waals surface area (Å²) in [4.78, 5) is 26.2. The van der Waals surface area contributed by atoms with E-state index < -0.39 is 5.97 Å². The maximum Gasteiger partial charge on any atom is 0.303 e. The van der Waals surface area contributed by atoms with Crippen molar-refractivity contribution in [2.45, 2.75) is 38.8 Å². The lowest BCUT2D eigenvalue weighted by molar-refractivity contribution is -0.137. The van der Waals surface area contributed by atoms with Gasteiger partial charge in [-0.25, -0.2) is 0 Å². The lowest BCUT2D eigenvalue weighted by Crippen LogP contribution is -2.29. The average molecular weight is 361 g/mol. The molecule has 0 aliphatic rings. The number of carboxylic acids is 1. The number of para-hydroxylation sites is 1. The molecule has 0 bridgehead atoms. The fraction of sp³-hybridized carbons (Fsp3) is 0.368. The molecule has 1 aromatic carbocycles. The van der Waals surface area contributed by atoms with Crippen LogP contribution < -0.4 is 4.74 Å². The third-order valence-electron chi connectivity index (χ3n) is 3.86. The zero-order chi connectivity index (χ0) is 18.1. The molecule has 1 aromatic heterocycles. The van der Waals surface area contributed by atoms with E-state index in [0.717, 1.165) is 16.2 Å². The van der Waals surface area contributed by atoms with Gasteiger partial charge in [-0.2, -0.15) is 0 Å². The molecule has 6 heteroatoms. The Hall–Kier alpha value is -2.34. The number of amides is 1. The van der Waals surface area contributed by atoms with Gasteiger partial charge in [-0.1, -0.05) is 24.3 Å². The molecule has 2 aromatic rings. The Morgan fingerprint density at radius 2 is 1.84 bits per heavy atom. The normalized spacial score (nSPS) is 10.4. The van der Waals surface area contributed by atoms with E-state index in [0.29, 0.717) is 32.4 Å². The Labute approximate surface area is 151 Å². The number of carbonyl (C=O) groups excluding carboxylic acids is 1. The molecule has 2 rings (SSSR count). The highest BCUT2D eigenvalue weighted by atomic mass is 32.1. The molecular formula is C19H23NO4S. The Morgan fingerprint density at radius 3 is 2.52 bits per heavy atom. The number of benzene rings is 1. The minimum atomic E-state index is -0.822. The van der Waals surface area contributed by atoms with Crippen molar-refractivity contribution in [2.24, 2.45) is 0 Å². The molecule has 0 spiro atoms. The van der Waals surface area contributed by atoms with Crippen LogP contribution >= 0.6 is 11.3 Å². The zero-order valence-electron chi connectivity index (χ0n) is 14.3. The molecule has 0 saturated carbocycles. The number of hydrogen-bond donors (Lipinski definition) is 1. The van der Waals surface area contributed by atoms with E-state index in [9.17, 15) is 9.59 Å².